The summed E-state index contributed by atoms with van der Waals surface area (Å²) in [6, 6.07) is 12.5. The van der Waals surface area contributed by atoms with E-state index in [0.29, 0.717) is 30.2 Å². The molecule has 0 aromatic heterocycles. The van der Waals surface area contributed by atoms with Crippen molar-refractivity contribution in [2.45, 2.75) is 11.8 Å². The normalized spacial score (nSPS) is 12.5. The van der Waals surface area contributed by atoms with Gasteiger partial charge in [0.15, 0.2) is 17.3 Å². The number of carbonyl (C=O) groups is 2. The third-order valence-corrected chi connectivity index (χ3v) is 4.43. The zero-order chi connectivity index (χ0) is 16.9. The third kappa shape index (κ3) is 4.08. The van der Waals surface area contributed by atoms with Gasteiger partial charge < -0.3 is 14.8 Å². The number of rotatable bonds is 5. The first kappa shape index (κ1) is 16.4. The topological polar surface area (TPSA) is 64.6 Å². The van der Waals surface area contributed by atoms with Gasteiger partial charge in [0, 0.05) is 16.1 Å². The fourth-order valence-corrected chi connectivity index (χ4v) is 3.00. The van der Waals surface area contributed by atoms with Crippen LogP contribution in [0, 0.1) is 0 Å². The Hall–Kier alpha value is -2.47. The van der Waals surface area contributed by atoms with Gasteiger partial charge in [0.1, 0.15) is 13.2 Å². The number of nitrogens with one attached hydrogen (secondary N) is 1. The summed E-state index contributed by atoms with van der Waals surface area (Å²) in [5.41, 5.74) is 1.20. The van der Waals surface area contributed by atoms with E-state index in [2.05, 4.69) is 5.32 Å². The molecule has 0 saturated carbocycles. The molecule has 6 heteroatoms. The van der Waals surface area contributed by atoms with E-state index in [9.17, 15) is 9.59 Å². The Morgan fingerprint density at radius 1 is 1.08 bits per heavy atom. The number of hydrogen-bond donors (Lipinski definition) is 1. The number of amides is 1. The van der Waals surface area contributed by atoms with E-state index >= 15 is 0 Å². The van der Waals surface area contributed by atoms with E-state index < -0.39 is 0 Å². The van der Waals surface area contributed by atoms with Gasteiger partial charge in [0.25, 0.3) is 0 Å². The zero-order valence-electron chi connectivity index (χ0n) is 13.2. The van der Waals surface area contributed by atoms with Crippen molar-refractivity contribution in [2.24, 2.45) is 0 Å². The number of carbonyl (C=O) groups excluding carboxylic acids is 2. The molecule has 0 saturated heterocycles. The van der Waals surface area contributed by atoms with Gasteiger partial charge in [-0.2, -0.15) is 0 Å². The van der Waals surface area contributed by atoms with Gasteiger partial charge in [-0.3, -0.25) is 9.59 Å². The number of ether oxygens (including phenoxy) is 2. The molecule has 0 fully saturated rings. The van der Waals surface area contributed by atoms with Crippen molar-refractivity contribution in [3.8, 4) is 11.5 Å². The summed E-state index contributed by atoms with van der Waals surface area (Å²) in [5.74, 6) is 1.55. The number of benzene rings is 2. The monoisotopic (exact) mass is 343 g/mol. The zero-order valence-corrected chi connectivity index (χ0v) is 14.0. The summed E-state index contributed by atoms with van der Waals surface area (Å²) in [5, 5.41) is 2.80. The largest absolute Gasteiger partial charge is 0.486 e. The molecule has 0 radical (unpaired) electrons. The van der Waals surface area contributed by atoms with Crippen LogP contribution in [0.25, 0.3) is 0 Å². The van der Waals surface area contributed by atoms with Crippen molar-refractivity contribution in [1.29, 1.82) is 0 Å². The molecule has 1 heterocycles. The van der Waals surface area contributed by atoms with E-state index in [1.165, 1.54) is 18.7 Å². The molecule has 1 amide bonds. The standard InChI is InChI=1S/C18H17NO4S/c1-12(20)13-3-2-4-14(9-13)19-18(21)11-24-15-5-6-16-17(10-15)23-8-7-22-16/h2-6,9-10H,7-8,11H2,1H3,(H,19,21). The Morgan fingerprint density at radius 3 is 2.67 bits per heavy atom. The highest BCUT2D eigenvalue weighted by atomic mass is 32.2. The van der Waals surface area contributed by atoms with E-state index in [1.807, 2.05) is 18.2 Å². The molecular weight excluding hydrogens is 326 g/mol. The van der Waals surface area contributed by atoms with Crippen molar-refractivity contribution in [1.82, 2.24) is 0 Å². The lowest BCUT2D eigenvalue weighted by Gasteiger charge is -2.18. The summed E-state index contributed by atoms with van der Waals surface area (Å²) in [4.78, 5) is 24.4. The molecule has 0 aliphatic carbocycles. The molecule has 2 aromatic carbocycles. The summed E-state index contributed by atoms with van der Waals surface area (Å²) in [6.45, 7) is 2.59. The minimum absolute atomic E-state index is 0.0308. The van der Waals surface area contributed by atoms with Crippen LogP contribution >= 0.6 is 11.8 Å². The van der Waals surface area contributed by atoms with E-state index in [-0.39, 0.29) is 17.4 Å². The fraction of sp³-hybridized carbons (Fsp3) is 0.222. The van der Waals surface area contributed by atoms with Gasteiger partial charge in [-0.25, -0.2) is 0 Å². The molecular formula is C18H17NO4S. The first-order valence-electron chi connectivity index (χ1n) is 7.55. The Labute approximate surface area is 144 Å². The lowest BCUT2D eigenvalue weighted by Crippen LogP contribution is -2.15. The number of hydrogen-bond acceptors (Lipinski definition) is 5. The number of Topliss-reactive ketones (excluding diaryl/α,β-unsaturated/α-hetero) is 1. The highest BCUT2D eigenvalue weighted by Crippen LogP contribution is 2.34. The molecule has 0 bridgehead atoms. The first-order chi connectivity index (χ1) is 11.6. The minimum atomic E-state index is -0.129. The molecule has 0 spiro atoms. The summed E-state index contributed by atoms with van der Waals surface area (Å²) >= 11 is 1.42. The molecule has 1 N–H and O–H groups in total. The van der Waals surface area contributed by atoms with Gasteiger partial charge in [0.2, 0.25) is 5.91 Å². The number of ketones is 1. The van der Waals surface area contributed by atoms with Crippen LogP contribution in [-0.2, 0) is 4.79 Å². The lowest BCUT2D eigenvalue weighted by molar-refractivity contribution is -0.113. The molecule has 0 atom stereocenters. The van der Waals surface area contributed by atoms with Crippen LogP contribution in [0.1, 0.15) is 17.3 Å². The molecule has 124 valence electrons. The number of thioether (sulfide) groups is 1. The van der Waals surface area contributed by atoms with Crippen molar-refractivity contribution in [3.63, 3.8) is 0 Å². The molecule has 2 aromatic rings. The Bertz CT molecular complexity index is 775. The highest BCUT2D eigenvalue weighted by Gasteiger charge is 2.12. The Balaban J connectivity index is 1.57. The predicted octanol–water partition coefficient (Wildman–Crippen LogP) is 3.39. The first-order valence-corrected chi connectivity index (χ1v) is 8.54. The SMILES string of the molecule is CC(=O)c1cccc(NC(=O)CSc2ccc3c(c2)OCCO3)c1. The van der Waals surface area contributed by atoms with Crippen LogP contribution in [0.3, 0.4) is 0 Å². The van der Waals surface area contributed by atoms with Gasteiger partial charge >= 0.3 is 0 Å². The van der Waals surface area contributed by atoms with Crippen LogP contribution in [0.4, 0.5) is 5.69 Å². The van der Waals surface area contributed by atoms with Crippen molar-refractivity contribution in [2.75, 3.05) is 24.3 Å². The van der Waals surface area contributed by atoms with E-state index in [4.69, 9.17) is 9.47 Å². The predicted molar refractivity (Wildman–Crippen MR) is 93.2 cm³/mol. The Morgan fingerprint density at radius 2 is 1.88 bits per heavy atom. The van der Waals surface area contributed by atoms with Crippen molar-refractivity contribution in [3.05, 3.63) is 48.0 Å². The lowest BCUT2D eigenvalue weighted by atomic mass is 10.1. The van der Waals surface area contributed by atoms with Gasteiger partial charge in [-0.05, 0) is 37.3 Å². The number of fused-ring (bicyclic) bond motifs is 1. The van der Waals surface area contributed by atoms with E-state index in [1.54, 1.807) is 24.3 Å². The second kappa shape index (κ2) is 7.40. The van der Waals surface area contributed by atoms with Crippen LogP contribution in [-0.4, -0.2) is 30.7 Å². The average Bonchev–Trinajstić information content (AvgIpc) is 2.60. The van der Waals surface area contributed by atoms with Crippen molar-refractivity contribution >= 4 is 29.1 Å². The smallest absolute Gasteiger partial charge is 0.234 e. The maximum atomic E-state index is 12.1. The van der Waals surface area contributed by atoms with Crippen LogP contribution in [0.5, 0.6) is 11.5 Å². The maximum Gasteiger partial charge on any atom is 0.234 e. The van der Waals surface area contributed by atoms with Crippen LogP contribution < -0.4 is 14.8 Å². The van der Waals surface area contributed by atoms with Gasteiger partial charge in [-0.15, -0.1) is 11.8 Å². The van der Waals surface area contributed by atoms with E-state index in [0.717, 1.165) is 10.6 Å². The van der Waals surface area contributed by atoms with Gasteiger partial charge in [-0.1, -0.05) is 12.1 Å². The molecule has 1 aliphatic heterocycles. The summed E-state index contributed by atoms with van der Waals surface area (Å²) in [6.07, 6.45) is 0. The van der Waals surface area contributed by atoms with Crippen LogP contribution in [0.2, 0.25) is 0 Å². The van der Waals surface area contributed by atoms with Gasteiger partial charge in [0.05, 0.1) is 5.75 Å². The quantitative estimate of drug-likeness (QED) is 0.666. The molecule has 0 unspecified atom stereocenters. The summed E-state index contributed by atoms with van der Waals surface area (Å²) in [7, 11) is 0. The second-order valence-corrected chi connectivity index (χ2v) is 6.33. The minimum Gasteiger partial charge on any atom is -0.486 e. The second-order valence-electron chi connectivity index (χ2n) is 5.28. The fourth-order valence-electron chi connectivity index (χ4n) is 2.28. The third-order valence-electron chi connectivity index (χ3n) is 3.44. The summed E-state index contributed by atoms with van der Waals surface area (Å²) < 4.78 is 11.0. The van der Waals surface area contributed by atoms with Crippen LogP contribution in [0.15, 0.2) is 47.4 Å². The molecule has 1 aliphatic rings. The molecule has 5 nitrogen and oxygen atoms in total. The maximum absolute atomic E-state index is 12.1. The molecule has 3 rings (SSSR count). The number of anilines is 1. The highest BCUT2D eigenvalue weighted by molar-refractivity contribution is 8.00. The average molecular weight is 343 g/mol. The van der Waals surface area contributed by atoms with Crippen molar-refractivity contribution < 1.29 is 19.1 Å². The Kier molecular flexibility index (Phi) is 5.05. The molecule has 24 heavy (non-hydrogen) atoms.